The van der Waals surface area contributed by atoms with Crippen LogP contribution < -0.4 is 33.8 Å². The summed E-state index contributed by atoms with van der Waals surface area (Å²) < 4.78 is 22.2. The number of anilines is 10. The van der Waals surface area contributed by atoms with Gasteiger partial charge in [0.25, 0.3) is 0 Å². The highest BCUT2D eigenvalue weighted by molar-refractivity contribution is 5.83. The summed E-state index contributed by atoms with van der Waals surface area (Å²) in [5, 5.41) is 0. The molecule has 474 valence electrons. The Labute approximate surface area is 557 Å². The van der Waals surface area contributed by atoms with Gasteiger partial charge in [-0.1, -0.05) is 165 Å². The third-order valence-corrected chi connectivity index (χ3v) is 18.4. The number of nitrogens with zero attached hydrogens (tertiary/aromatic N) is 4. The average molecular weight is 1240 g/mol. The van der Waals surface area contributed by atoms with Crippen LogP contribution in [0.15, 0.2) is 290 Å². The highest BCUT2D eigenvalue weighted by Gasteiger charge is 2.30. The fourth-order valence-corrected chi connectivity index (χ4v) is 12.9. The molecule has 0 aliphatic heterocycles. The van der Waals surface area contributed by atoms with Gasteiger partial charge in [0.1, 0.15) is 23.0 Å². The molecule has 8 heteroatoms. The highest BCUT2D eigenvalue weighted by Crippen LogP contribution is 2.44. The number of allylic oxidation sites excluding steroid dienone is 3. The summed E-state index contributed by atoms with van der Waals surface area (Å²) in [6.45, 7) is 18.3. The Morgan fingerprint density at radius 1 is 0.277 bits per heavy atom. The number of ether oxygens (including phenoxy) is 4. The molecule has 0 saturated carbocycles. The van der Waals surface area contributed by atoms with Crippen LogP contribution >= 0.6 is 0 Å². The van der Waals surface area contributed by atoms with Crippen LogP contribution in [0.2, 0.25) is 0 Å². The van der Waals surface area contributed by atoms with Crippen molar-refractivity contribution in [3.8, 4) is 50.6 Å². The zero-order chi connectivity index (χ0) is 65.7. The number of hydrogen-bond acceptors (Lipinski definition) is 8. The molecule has 0 spiro atoms. The summed E-state index contributed by atoms with van der Waals surface area (Å²) in [4.78, 5) is 9.51. The van der Waals surface area contributed by atoms with Crippen molar-refractivity contribution in [3.05, 3.63) is 296 Å². The predicted octanol–water partition coefficient (Wildman–Crippen LogP) is 22.9. The van der Waals surface area contributed by atoms with Crippen LogP contribution in [0.1, 0.15) is 61.0 Å². The molecule has 0 amide bonds. The second-order valence-electron chi connectivity index (χ2n) is 26.6. The summed E-state index contributed by atoms with van der Waals surface area (Å²) in [5.41, 5.74) is 20.4. The lowest BCUT2D eigenvalue weighted by Crippen LogP contribution is -2.36. The van der Waals surface area contributed by atoms with E-state index in [1.165, 1.54) is 11.1 Å². The topological polar surface area (TPSA) is 49.9 Å². The standard InChI is InChI=1S/C86H86N4O4/c1-59-57-68(86(6,7)8)27-55-83(59)89(76-36-21-65(22-37-76)63-17-32-71(33-18-63)88(73-42-48-79(91-9)49-43-73)74-44-50-80(92-10)51-45-74)75-34-19-64(20-35-75)61-13-28-69(29-14-61)87(72-40-25-67(26-41-72)85(3,4)5)70-30-15-62(16-31-70)66-23-38-77(39-24-66)90(78-46-52-81(93-11)53-47-78)84-56-54-82(94-12)58-60(84)2/h13-60,83-84H,1-12H3. The minimum atomic E-state index is 0.0246. The van der Waals surface area contributed by atoms with E-state index in [2.05, 4.69) is 318 Å². The Morgan fingerprint density at radius 2 is 0.532 bits per heavy atom. The fourth-order valence-electron chi connectivity index (χ4n) is 12.9. The monoisotopic (exact) mass is 1240 g/mol. The van der Waals surface area contributed by atoms with Crippen molar-refractivity contribution >= 4 is 56.9 Å². The Kier molecular flexibility index (Phi) is 18.6. The molecule has 4 unspecified atom stereocenters. The molecule has 2 aliphatic rings. The van der Waals surface area contributed by atoms with Crippen molar-refractivity contribution in [2.45, 2.75) is 72.9 Å². The number of benzene rings is 10. The van der Waals surface area contributed by atoms with Gasteiger partial charge in [0, 0.05) is 62.8 Å². The maximum Gasteiger partial charge on any atom is 0.119 e. The maximum absolute atomic E-state index is 5.61. The van der Waals surface area contributed by atoms with Gasteiger partial charge in [0.2, 0.25) is 0 Å². The molecular weight excluding hydrogens is 1150 g/mol. The van der Waals surface area contributed by atoms with Gasteiger partial charge in [0.05, 0.1) is 40.5 Å². The van der Waals surface area contributed by atoms with E-state index in [4.69, 9.17) is 18.9 Å². The van der Waals surface area contributed by atoms with Crippen molar-refractivity contribution < 1.29 is 18.9 Å². The van der Waals surface area contributed by atoms with Crippen LogP contribution in [0.3, 0.4) is 0 Å². The van der Waals surface area contributed by atoms with E-state index in [-0.39, 0.29) is 34.7 Å². The molecule has 10 aromatic carbocycles. The van der Waals surface area contributed by atoms with E-state index in [1.807, 2.05) is 36.4 Å². The van der Waals surface area contributed by atoms with Crippen LogP contribution in [-0.2, 0) is 10.2 Å². The lowest BCUT2D eigenvalue weighted by Gasteiger charge is -2.38. The Bertz CT molecular complexity index is 4250. The van der Waals surface area contributed by atoms with Crippen LogP contribution in [0.4, 0.5) is 56.9 Å². The first-order chi connectivity index (χ1) is 45.5. The van der Waals surface area contributed by atoms with Gasteiger partial charge in [-0.05, 0) is 231 Å². The van der Waals surface area contributed by atoms with Gasteiger partial charge in [-0.3, -0.25) is 0 Å². The molecule has 4 atom stereocenters. The SMILES string of the molecule is COC1=CC(C)C(N(c2ccc(OC)cc2)c2ccc(-c3ccc(N(c4ccc(-c5ccc(N(c6ccc(-c7ccc(N(c8ccc(OC)cc8)c8ccc(OC)cc8)cc7)cc6)C6C=CC(C(C)(C)C)=CC6C)cc5)cc4)c4ccc(C(C)(C)C)cc4)cc3)cc2)C=C1. The zero-order valence-corrected chi connectivity index (χ0v) is 56.3. The summed E-state index contributed by atoms with van der Waals surface area (Å²) in [5.74, 6) is 3.81. The largest absolute Gasteiger partial charge is 0.497 e. The number of methoxy groups -OCH3 is 4. The predicted molar refractivity (Wildman–Crippen MR) is 394 cm³/mol. The van der Waals surface area contributed by atoms with Crippen LogP contribution in [0, 0.1) is 17.3 Å². The number of hydrogen-bond donors (Lipinski definition) is 0. The first-order valence-corrected chi connectivity index (χ1v) is 32.6. The maximum atomic E-state index is 5.61. The third kappa shape index (κ3) is 13.8. The first kappa shape index (κ1) is 63.7. The highest BCUT2D eigenvalue weighted by atomic mass is 16.5. The molecule has 0 radical (unpaired) electrons. The normalized spacial score (nSPS) is 16.1. The second-order valence-corrected chi connectivity index (χ2v) is 26.6. The molecule has 2 aliphatic carbocycles. The summed E-state index contributed by atoms with van der Waals surface area (Å²) >= 11 is 0. The van der Waals surface area contributed by atoms with Crippen molar-refractivity contribution in [2.75, 3.05) is 48.0 Å². The summed E-state index contributed by atoms with van der Waals surface area (Å²) in [7, 11) is 6.82. The molecule has 0 N–H and O–H groups in total. The minimum Gasteiger partial charge on any atom is -0.497 e. The van der Waals surface area contributed by atoms with E-state index in [0.717, 1.165) is 113 Å². The van der Waals surface area contributed by atoms with Gasteiger partial charge in [-0.2, -0.15) is 0 Å². The molecular formula is C86H86N4O4. The van der Waals surface area contributed by atoms with Gasteiger partial charge in [-0.25, -0.2) is 0 Å². The van der Waals surface area contributed by atoms with Gasteiger partial charge in [0.15, 0.2) is 0 Å². The molecule has 10 aromatic rings. The molecule has 0 saturated heterocycles. The third-order valence-electron chi connectivity index (χ3n) is 18.4. The summed E-state index contributed by atoms with van der Waals surface area (Å²) in [6, 6.07) is 87.8. The first-order valence-electron chi connectivity index (χ1n) is 32.6. The summed E-state index contributed by atoms with van der Waals surface area (Å²) in [6.07, 6.45) is 13.7. The number of rotatable bonds is 19. The molecule has 0 fully saturated rings. The molecule has 0 bridgehead atoms. The van der Waals surface area contributed by atoms with E-state index < -0.39 is 0 Å². The Balaban J connectivity index is 0.810. The van der Waals surface area contributed by atoms with Crippen molar-refractivity contribution in [1.29, 1.82) is 0 Å². The lowest BCUT2D eigenvalue weighted by atomic mass is 9.79. The van der Waals surface area contributed by atoms with Gasteiger partial charge >= 0.3 is 0 Å². The molecule has 8 nitrogen and oxygen atoms in total. The molecule has 94 heavy (non-hydrogen) atoms. The van der Waals surface area contributed by atoms with Crippen molar-refractivity contribution in [3.63, 3.8) is 0 Å². The van der Waals surface area contributed by atoms with Crippen LogP contribution in [0.5, 0.6) is 17.2 Å². The van der Waals surface area contributed by atoms with Crippen LogP contribution in [0.25, 0.3) is 33.4 Å². The van der Waals surface area contributed by atoms with E-state index in [9.17, 15) is 0 Å². The fraction of sp³-hybridized carbons (Fsp3) is 0.209. The minimum absolute atomic E-state index is 0.0246. The van der Waals surface area contributed by atoms with E-state index >= 15 is 0 Å². The molecule has 0 aromatic heterocycles. The average Bonchev–Trinajstić information content (AvgIpc) is 0.831. The zero-order valence-electron chi connectivity index (χ0n) is 56.3. The van der Waals surface area contributed by atoms with E-state index in [0.29, 0.717) is 0 Å². The van der Waals surface area contributed by atoms with Crippen LogP contribution in [-0.4, -0.2) is 40.5 Å². The van der Waals surface area contributed by atoms with Crippen molar-refractivity contribution in [1.82, 2.24) is 0 Å². The lowest BCUT2D eigenvalue weighted by molar-refractivity contribution is 0.299. The molecule has 12 rings (SSSR count). The second kappa shape index (κ2) is 27.4. The van der Waals surface area contributed by atoms with Gasteiger partial charge < -0.3 is 38.5 Å². The van der Waals surface area contributed by atoms with E-state index in [1.54, 1.807) is 28.4 Å². The smallest absolute Gasteiger partial charge is 0.119 e. The quantitative estimate of drug-likeness (QED) is 0.0794. The van der Waals surface area contributed by atoms with Gasteiger partial charge in [-0.15, -0.1) is 0 Å². The van der Waals surface area contributed by atoms with Crippen molar-refractivity contribution in [2.24, 2.45) is 17.3 Å². The Hall–Kier alpha value is -10.4. The Morgan fingerprint density at radius 3 is 0.787 bits per heavy atom. The molecule has 0 heterocycles.